The molecule has 1 heterocycles. The van der Waals surface area contributed by atoms with E-state index in [-0.39, 0.29) is 17.5 Å². The number of hydrogen-bond acceptors (Lipinski definition) is 3. The van der Waals surface area contributed by atoms with E-state index in [0.29, 0.717) is 4.47 Å². The number of halogens is 2. The average Bonchev–Trinajstić information content (AvgIpc) is 2.75. The highest BCUT2D eigenvalue weighted by Crippen LogP contribution is 2.26. The quantitative estimate of drug-likeness (QED) is 0.885. The Labute approximate surface area is 114 Å². The van der Waals surface area contributed by atoms with Gasteiger partial charge in [-0.25, -0.2) is 12.8 Å². The van der Waals surface area contributed by atoms with Gasteiger partial charge in [-0.1, -0.05) is 6.07 Å². The van der Waals surface area contributed by atoms with Crippen molar-refractivity contribution in [2.75, 3.05) is 17.0 Å². The second-order valence-electron chi connectivity index (χ2n) is 4.27. The number of anilines is 1. The second-order valence-corrected chi connectivity index (χ2v) is 6.89. The molecule has 2 rings (SSSR count). The van der Waals surface area contributed by atoms with E-state index in [1.54, 1.807) is 6.07 Å². The first-order chi connectivity index (χ1) is 8.48. The lowest BCUT2D eigenvalue weighted by atomic mass is 10.3. The van der Waals surface area contributed by atoms with Crippen LogP contribution < -0.4 is 10.0 Å². The minimum atomic E-state index is -3.55. The van der Waals surface area contributed by atoms with Gasteiger partial charge in [0.2, 0.25) is 10.0 Å². The average molecular weight is 337 g/mol. The van der Waals surface area contributed by atoms with Crippen LogP contribution in [0.3, 0.4) is 0 Å². The van der Waals surface area contributed by atoms with Crippen molar-refractivity contribution in [3.05, 3.63) is 28.5 Å². The fraction of sp³-hybridized carbons (Fsp3) is 0.455. The Morgan fingerprint density at radius 3 is 2.89 bits per heavy atom. The van der Waals surface area contributed by atoms with Crippen LogP contribution in [0.4, 0.5) is 10.1 Å². The highest BCUT2D eigenvalue weighted by atomic mass is 79.9. The van der Waals surface area contributed by atoms with Crippen LogP contribution in [0.5, 0.6) is 0 Å². The van der Waals surface area contributed by atoms with Gasteiger partial charge in [0.1, 0.15) is 5.82 Å². The van der Waals surface area contributed by atoms with Crippen LogP contribution >= 0.6 is 15.9 Å². The molecule has 0 aromatic heterocycles. The summed E-state index contributed by atoms with van der Waals surface area (Å²) in [4.78, 5) is 0. The number of nitrogens with one attached hydrogen (secondary N) is 2. The molecule has 1 atom stereocenters. The lowest BCUT2D eigenvalue weighted by Crippen LogP contribution is -2.33. The first kappa shape index (κ1) is 13.8. The molecular formula is C11H14BrFN2O2S. The van der Waals surface area contributed by atoms with Gasteiger partial charge in [-0.2, -0.15) is 0 Å². The molecule has 0 bridgehead atoms. The molecule has 1 aliphatic heterocycles. The molecule has 0 saturated carbocycles. The summed E-state index contributed by atoms with van der Waals surface area (Å²) >= 11 is 3.13. The second kappa shape index (κ2) is 5.54. The molecule has 7 heteroatoms. The molecule has 18 heavy (non-hydrogen) atoms. The van der Waals surface area contributed by atoms with Crippen molar-refractivity contribution in [3.8, 4) is 0 Å². The van der Waals surface area contributed by atoms with Crippen LogP contribution in [0.1, 0.15) is 12.8 Å². The van der Waals surface area contributed by atoms with E-state index in [1.807, 2.05) is 0 Å². The monoisotopic (exact) mass is 336 g/mol. The standard InChI is InChI=1S/C11H14BrFN2O2S/c12-9-4-1-5-10(13)11(9)15-18(16,17)7-8-3-2-6-14-8/h1,4-5,8,14-15H,2-3,6-7H2. The lowest BCUT2D eigenvalue weighted by Gasteiger charge is -2.14. The van der Waals surface area contributed by atoms with Gasteiger partial charge in [0, 0.05) is 10.5 Å². The van der Waals surface area contributed by atoms with Gasteiger partial charge in [-0.3, -0.25) is 4.72 Å². The van der Waals surface area contributed by atoms with Crippen LogP contribution in [-0.2, 0) is 10.0 Å². The highest BCUT2D eigenvalue weighted by molar-refractivity contribution is 9.10. The maximum Gasteiger partial charge on any atom is 0.234 e. The summed E-state index contributed by atoms with van der Waals surface area (Å²) in [6.45, 7) is 0.837. The van der Waals surface area contributed by atoms with Crippen molar-refractivity contribution in [3.63, 3.8) is 0 Å². The zero-order chi connectivity index (χ0) is 13.2. The summed E-state index contributed by atoms with van der Waals surface area (Å²) in [5, 5.41) is 3.10. The van der Waals surface area contributed by atoms with E-state index in [9.17, 15) is 12.8 Å². The van der Waals surface area contributed by atoms with E-state index < -0.39 is 15.8 Å². The van der Waals surface area contributed by atoms with Gasteiger partial charge in [-0.05, 0) is 47.4 Å². The van der Waals surface area contributed by atoms with Crippen LogP contribution in [0, 0.1) is 5.82 Å². The van der Waals surface area contributed by atoms with Gasteiger partial charge in [0.25, 0.3) is 0 Å². The minimum absolute atomic E-state index is 0.0319. The molecule has 0 amide bonds. The zero-order valence-corrected chi connectivity index (χ0v) is 12.0. The number of rotatable bonds is 4. The maximum absolute atomic E-state index is 13.5. The summed E-state index contributed by atoms with van der Waals surface area (Å²) in [6.07, 6.45) is 1.81. The third kappa shape index (κ3) is 3.43. The minimum Gasteiger partial charge on any atom is -0.313 e. The molecule has 1 aliphatic rings. The van der Waals surface area contributed by atoms with E-state index in [2.05, 4.69) is 26.0 Å². The van der Waals surface area contributed by atoms with E-state index in [4.69, 9.17) is 0 Å². The van der Waals surface area contributed by atoms with Crippen molar-refractivity contribution in [1.29, 1.82) is 0 Å². The van der Waals surface area contributed by atoms with Crippen molar-refractivity contribution in [1.82, 2.24) is 5.32 Å². The molecule has 1 fully saturated rings. The SMILES string of the molecule is O=S(=O)(CC1CCCN1)Nc1c(F)cccc1Br. The van der Waals surface area contributed by atoms with Crippen LogP contribution in [0.15, 0.2) is 22.7 Å². The van der Waals surface area contributed by atoms with Crippen LogP contribution in [0.25, 0.3) is 0 Å². The van der Waals surface area contributed by atoms with Crippen LogP contribution in [-0.4, -0.2) is 26.8 Å². The summed E-state index contributed by atoms with van der Waals surface area (Å²) < 4.78 is 40.1. The molecule has 1 aromatic carbocycles. The molecule has 1 aromatic rings. The largest absolute Gasteiger partial charge is 0.313 e. The van der Waals surface area contributed by atoms with E-state index >= 15 is 0 Å². The Balaban J connectivity index is 2.12. The number of hydrogen-bond donors (Lipinski definition) is 2. The molecule has 0 spiro atoms. The summed E-state index contributed by atoms with van der Waals surface area (Å²) in [6, 6.07) is 4.27. The van der Waals surface area contributed by atoms with E-state index in [0.717, 1.165) is 19.4 Å². The number of benzene rings is 1. The Morgan fingerprint density at radius 1 is 1.50 bits per heavy atom. The predicted octanol–water partition coefficient (Wildman–Crippen LogP) is 2.08. The first-order valence-electron chi connectivity index (χ1n) is 5.66. The summed E-state index contributed by atoms with van der Waals surface area (Å²) in [5.41, 5.74) is -0.0319. The molecule has 0 aliphatic carbocycles. The zero-order valence-electron chi connectivity index (χ0n) is 9.62. The van der Waals surface area contributed by atoms with Gasteiger partial charge in [-0.15, -0.1) is 0 Å². The van der Waals surface area contributed by atoms with E-state index in [1.165, 1.54) is 12.1 Å². The van der Waals surface area contributed by atoms with Gasteiger partial charge in [0.05, 0.1) is 11.4 Å². The molecule has 0 radical (unpaired) electrons. The normalized spacial score (nSPS) is 20.0. The lowest BCUT2D eigenvalue weighted by molar-refractivity contribution is 0.580. The van der Waals surface area contributed by atoms with Crippen molar-refractivity contribution < 1.29 is 12.8 Å². The van der Waals surface area contributed by atoms with Gasteiger partial charge in [0.15, 0.2) is 0 Å². The Bertz CT molecular complexity index is 510. The first-order valence-corrected chi connectivity index (χ1v) is 8.10. The Morgan fingerprint density at radius 2 is 2.28 bits per heavy atom. The third-order valence-electron chi connectivity index (χ3n) is 2.80. The topological polar surface area (TPSA) is 58.2 Å². The maximum atomic E-state index is 13.5. The molecular weight excluding hydrogens is 323 g/mol. The number of sulfonamides is 1. The fourth-order valence-electron chi connectivity index (χ4n) is 1.96. The fourth-order valence-corrected chi connectivity index (χ4v) is 3.94. The van der Waals surface area contributed by atoms with Gasteiger partial charge >= 0.3 is 0 Å². The number of para-hydroxylation sites is 1. The Kier molecular flexibility index (Phi) is 4.24. The summed E-state index contributed by atoms with van der Waals surface area (Å²) in [7, 11) is -3.55. The predicted molar refractivity (Wildman–Crippen MR) is 72.5 cm³/mol. The molecule has 4 nitrogen and oxygen atoms in total. The molecule has 1 saturated heterocycles. The third-order valence-corrected chi connectivity index (χ3v) is 4.82. The van der Waals surface area contributed by atoms with Crippen LogP contribution in [0.2, 0.25) is 0 Å². The smallest absolute Gasteiger partial charge is 0.234 e. The molecule has 100 valence electrons. The molecule has 2 N–H and O–H groups in total. The summed E-state index contributed by atoms with van der Waals surface area (Å²) in [5.74, 6) is -0.624. The molecule has 1 unspecified atom stereocenters. The highest BCUT2D eigenvalue weighted by Gasteiger charge is 2.23. The van der Waals surface area contributed by atoms with Crippen molar-refractivity contribution in [2.45, 2.75) is 18.9 Å². The Hall–Kier alpha value is -0.660. The van der Waals surface area contributed by atoms with Gasteiger partial charge < -0.3 is 5.32 Å². The van der Waals surface area contributed by atoms with Crippen molar-refractivity contribution >= 4 is 31.6 Å². The van der Waals surface area contributed by atoms with Crippen molar-refractivity contribution in [2.24, 2.45) is 0 Å².